The summed E-state index contributed by atoms with van der Waals surface area (Å²) < 4.78 is 5.24. The molecule has 0 spiro atoms. The molecule has 2 amide bonds. The van der Waals surface area contributed by atoms with Crippen LogP contribution in [0.5, 0.6) is 5.75 Å². The third-order valence-electron chi connectivity index (χ3n) is 8.24. The molecule has 2 fully saturated rings. The second kappa shape index (κ2) is 7.25. The number of carbonyl (C=O) groups is 3. The monoisotopic (exact) mass is 463 g/mol. The van der Waals surface area contributed by atoms with Gasteiger partial charge in [0.25, 0.3) is 0 Å². The molecule has 5 heteroatoms. The van der Waals surface area contributed by atoms with Crippen LogP contribution >= 0.6 is 0 Å². The largest absolute Gasteiger partial charge is 0.497 e. The van der Waals surface area contributed by atoms with Crippen LogP contribution in [-0.2, 0) is 14.4 Å². The van der Waals surface area contributed by atoms with E-state index in [2.05, 4.69) is 0 Å². The zero-order chi connectivity index (χ0) is 24.5. The number of nitrogens with zero attached hydrogens (tertiary/aromatic N) is 1. The van der Waals surface area contributed by atoms with E-state index >= 15 is 0 Å². The Kier molecular flexibility index (Phi) is 4.46. The van der Waals surface area contributed by atoms with E-state index in [9.17, 15) is 14.4 Å². The Morgan fingerprint density at radius 3 is 1.49 bits per heavy atom. The molecule has 0 unspecified atom stereocenters. The van der Waals surface area contributed by atoms with Crippen molar-refractivity contribution in [2.45, 2.75) is 13.8 Å². The first kappa shape index (κ1) is 21.5. The number of Topliss-reactive ketones (excluding diaryl/α,β-unsaturated/α-hetero) is 1. The number of benzene rings is 3. The molecular formula is C30H25NO4. The number of fused-ring (bicyclic) bond motifs is 5. The third kappa shape index (κ3) is 2.55. The zero-order valence-corrected chi connectivity index (χ0v) is 19.8. The Morgan fingerprint density at radius 1 is 0.657 bits per heavy atom. The van der Waals surface area contributed by atoms with Crippen molar-refractivity contribution >= 4 is 34.4 Å². The van der Waals surface area contributed by atoms with E-state index in [1.54, 1.807) is 31.4 Å². The molecule has 0 aromatic heterocycles. The summed E-state index contributed by atoms with van der Waals surface area (Å²) in [7, 11) is 1.57. The van der Waals surface area contributed by atoms with Gasteiger partial charge in [0.15, 0.2) is 5.78 Å². The molecule has 6 rings (SSSR count). The summed E-state index contributed by atoms with van der Waals surface area (Å²) in [5.41, 5.74) is 1.81. The van der Waals surface area contributed by atoms with Gasteiger partial charge in [-0.3, -0.25) is 14.4 Å². The molecule has 1 saturated heterocycles. The molecule has 3 aliphatic rings. The van der Waals surface area contributed by atoms with E-state index in [1.165, 1.54) is 4.90 Å². The summed E-state index contributed by atoms with van der Waals surface area (Å²) >= 11 is 0. The average Bonchev–Trinajstić information content (AvgIpc) is 3.34. The SMILES string of the molecule is COc1ccc(N2C(=O)[C@@H]3[C@H](C2=O)[C@@]2(C)C(=O)[C@@]3(C)C(c3ccccc3)=C2c2ccccc2)cc1. The number of imide groups is 1. The number of methoxy groups -OCH3 is 1. The highest BCUT2D eigenvalue weighted by atomic mass is 16.5. The van der Waals surface area contributed by atoms with Crippen molar-refractivity contribution in [3.8, 4) is 5.75 Å². The lowest BCUT2D eigenvalue weighted by molar-refractivity contribution is -0.133. The van der Waals surface area contributed by atoms with Gasteiger partial charge < -0.3 is 4.74 Å². The van der Waals surface area contributed by atoms with E-state index in [-0.39, 0.29) is 17.6 Å². The van der Waals surface area contributed by atoms with Crippen LogP contribution in [0.2, 0.25) is 0 Å². The second-order valence-corrected chi connectivity index (χ2v) is 9.88. The van der Waals surface area contributed by atoms with Crippen LogP contribution in [0.4, 0.5) is 5.69 Å². The van der Waals surface area contributed by atoms with E-state index in [0.29, 0.717) is 11.4 Å². The average molecular weight is 464 g/mol. The number of hydrogen-bond donors (Lipinski definition) is 0. The topological polar surface area (TPSA) is 63.7 Å². The lowest BCUT2D eigenvalue weighted by atomic mass is 9.63. The molecule has 4 atom stereocenters. The van der Waals surface area contributed by atoms with Crippen LogP contribution in [0.3, 0.4) is 0 Å². The van der Waals surface area contributed by atoms with Crippen LogP contribution < -0.4 is 9.64 Å². The van der Waals surface area contributed by atoms with Crippen molar-refractivity contribution in [3.63, 3.8) is 0 Å². The minimum atomic E-state index is -1.11. The van der Waals surface area contributed by atoms with Gasteiger partial charge in [-0.25, -0.2) is 4.90 Å². The Hall–Kier alpha value is -3.99. The number of ketones is 1. The van der Waals surface area contributed by atoms with Crippen LogP contribution in [0.15, 0.2) is 84.9 Å². The van der Waals surface area contributed by atoms with Crippen molar-refractivity contribution in [2.24, 2.45) is 22.7 Å². The molecule has 174 valence electrons. The predicted octanol–water partition coefficient (Wildman–Crippen LogP) is 5.02. The molecule has 2 bridgehead atoms. The lowest BCUT2D eigenvalue weighted by Crippen LogP contribution is -2.40. The standard InChI is InChI=1S/C30H25NO4/c1-29-22(18-10-6-4-7-11-18)23(19-12-8-5-9-13-19)30(2,28(29)34)25-24(29)26(32)31(27(25)33)20-14-16-21(35-3)17-15-20/h4-17,24-25H,1-3H3/t24-,25+,29-,30-/m0/s1. The van der Waals surface area contributed by atoms with Gasteiger partial charge in [-0.2, -0.15) is 0 Å². The normalized spacial score (nSPS) is 29.2. The molecule has 35 heavy (non-hydrogen) atoms. The zero-order valence-electron chi connectivity index (χ0n) is 19.8. The maximum absolute atomic E-state index is 14.2. The fraction of sp³-hybridized carbons (Fsp3) is 0.233. The smallest absolute Gasteiger partial charge is 0.239 e. The maximum atomic E-state index is 14.2. The number of carbonyl (C=O) groups excluding carboxylic acids is 3. The summed E-state index contributed by atoms with van der Waals surface area (Å²) in [6.07, 6.45) is 0. The van der Waals surface area contributed by atoms with Crippen molar-refractivity contribution in [3.05, 3.63) is 96.1 Å². The molecule has 0 N–H and O–H groups in total. The number of hydrogen-bond acceptors (Lipinski definition) is 4. The molecule has 1 saturated carbocycles. The highest BCUT2D eigenvalue weighted by molar-refractivity contribution is 6.34. The molecule has 0 radical (unpaired) electrons. The van der Waals surface area contributed by atoms with E-state index in [0.717, 1.165) is 22.3 Å². The van der Waals surface area contributed by atoms with E-state index in [1.807, 2.05) is 74.5 Å². The van der Waals surface area contributed by atoms with Gasteiger partial charge >= 0.3 is 0 Å². The minimum absolute atomic E-state index is 0.0474. The Labute approximate surface area is 204 Å². The number of anilines is 1. The Bertz CT molecular complexity index is 1330. The highest BCUT2D eigenvalue weighted by Crippen LogP contribution is 2.73. The summed E-state index contributed by atoms with van der Waals surface area (Å²) in [5.74, 6) is -1.54. The quantitative estimate of drug-likeness (QED) is 0.510. The van der Waals surface area contributed by atoms with Crippen molar-refractivity contribution in [1.82, 2.24) is 0 Å². The minimum Gasteiger partial charge on any atom is -0.497 e. The third-order valence-corrected chi connectivity index (χ3v) is 8.24. The summed E-state index contributed by atoms with van der Waals surface area (Å²) in [6, 6.07) is 26.5. The van der Waals surface area contributed by atoms with Gasteiger partial charge in [-0.15, -0.1) is 0 Å². The van der Waals surface area contributed by atoms with E-state index in [4.69, 9.17) is 4.74 Å². The summed E-state index contributed by atoms with van der Waals surface area (Å²) in [4.78, 5) is 43.4. The van der Waals surface area contributed by atoms with Crippen LogP contribution in [-0.4, -0.2) is 24.7 Å². The summed E-state index contributed by atoms with van der Waals surface area (Å²) in [5, 5.41) is 0. The second-order valence-electron chi connectivity index (χ2n) is 9.88. The number of amides is 2. The Morgan fingerprint density at radius 2 is 1.09 bits per heavy atom. The molecule has 1 aliphatic heterocycles. The predicted molar refractivity (Wildman–Crippen MR) is 133 cm³/mol. The summed E-state index contributed by atoms with van der Waals surface area (Å²) in [6.45, 7) is 3.72. The van der Waals surface area contributed by atoms with Gasteiger partial charge in [0, 0.05) is 0 Å². The van der Waals surface area contributed by atoms with Crippen LogP contribution in [0.1, 0.15) is 25.0 Å². The number of rotatable bonds is 4. The first-order valence-electron chi connectivity index (χ1n) is 11.8. The molecule has 2 aliphatic carbocycles. The van der Waals surface area contributed by atoms with Crippen molar-refractivity contribution in [2.75, 3.05) is 12.0 Å². The maximum Gasteiger partial charge on any atom is 0.239 e. The lowest BCUT2D eigenvalue weighted by Gasteiger charge is -2.35. The van der Waals surface area contributed by atoms with E-state index < -0.39 is 22.7 Å². The van der Waals surface area contributed by atoms with Gasteiger partial charge in [0.2, 0.25) is 11.8 Å². The van der Waals surface area contributed by atoms with Crippen molar-refractivity contribution in [1.29, 1.82) is 0 Å². The first-order chi connectivity index (χ1) is 16.8. The van der Waals surface area contributed by atoms with Gasteiger partial charge in [-0.05, 0) is 60.4 Å². The molecule has 1 heterocycles. The molecular weight excluding hydrogens is 438 g/mol. The molecule has 3 aromatic rings. The van der Waals surface area contributed by atoms with Gasteiger partial charge in [-0.1, -0.05) is 60.7 Å². The number of ether oxygens (including phenoxy) is 1. The first-order valence-corrected chi connectivity index (χ1v) is 11.8. The fourth-order valence-corrected chi connectivity index (χ4v) is 6.80. The highest BCUT2D eigenvalue weighted by Gasteiger charge is 2.78. The molecule has 5 nitrogen and oxygen atoms in total. The van der Waals surface area contributed by atoms with Crippen LogP contribution in [0.25, 0.3) is 11.1 Å². The molecule has 3 aromatic carbocycles. The van der Waals surface area contributed by atoms with Gasteiger partial charge in [0.1, 0.15) is 5.75 Å². The number of allylic oxidation sites excluding steroid dienone is 2. The Balaban J connectivity index is 1.59. The van der Waals surface area contributed by atoms with Gasteiger partial charge in [0.05, 0.1) is 35.5 Å². The van der Waals surface area contributed by atoms with Crippen molar-refractivity contribution < 1.29 is 19.1 Å². The van der Waals surface area contributed by atoms with Crippen LogP contribution in [0, 0.1) is 22.7 Å². The fourth-order valence-electron chi connectivity index (χ4n) is 6.80.